The van der Waals surface area contributed by atoms with Gasteiger partial charge in [0.2, 0.25) is 0 Å². The smallest absolute Gasteiger partial charge is 0.157 e. The predicted octanol–water partition coefficient (Wildman–Crippen LogP) is 3.33. The molecule has 126 valence electrons. The molecule has 0 saturated heterocycles. The third-order valence-electron chi connectivity index (χ3n) is 3.60. The van der Waals surface area contributed by atoms with Gasteiger partial charge in [0, 0.05) is 12.5 Å². The van der Waals surface area contributed by atoms with Gasteiger partial charge in [0.15, 0.2) is 17.3 Å². The van der Waals surface area contributed by atoms with Gasteiger partial charge in [0.25, 0.3) is 0 Å². The molecule has 24 heavy (non-hydrogen) atoms. The largest absolute Gasteiger partial charge is 0.504 e. The number of carbonyl (C=O) groups excluding carboxylic acids is 1. The number of allylic oxidation sites excluding steroid dienone is 1. The van der Waals surface area contributed by atoms with Crippen LogP contribution in [0.1, 0.15) is 17.5 Å². The molecule has 0 aliphatic rings. The molecule has 2 aromatic carbocycles. The lowest BCUT2D eigenvalue weighted by Crippen LogP contribution is -1.99. The molecule has 0 fully saturated rings. The number of hydrogen-bond donors (Lipinski definition) is 2. The maximum Gasteiger partial charge on any atom is 0.157 e. The lowest BCUT2D eigenvalue weighted by molar-refractivity contribution is -0.114. The molecule has 0 aromatic heterocycles. The van der Waals surface area contributed by atoms with Crippen LogP contribution in [0, 0.1) is 0 Å². The van der Waals surface area contributed by atoms with Gasteiger partial charge in [-0.25, -0.2) is 0 Å². The Kier molecular flexibility index (Phi) is 5.84. The van der Waals surface area contributed by atoms with Crippen molar-refractivity contribution in [1.29, 1.82) is 0 Å². The fourth-order valence-electron chi connectivity index (χ4n) is 2.23. The van der Waals surface area contributed by atoms with Crippen molar-refractivity contribution in [2.45, 2.75) is 12.8 Å². The number of phenols is 2. The monoisotopic (exact) mass is 328 g/mol. The first-order valence-corrected chi connectivity index (χ1v) is 7.47. The fraction of sp³-hybridized carbons (Fsp3) is 0.211. The number of carbonyl (C=O) groups is 1. The summed E-state index contributed by atoms with van der Waals surface area (Å²) in [6.45, 7) is 0. The van der Waals surface area contributed by atoms with E-state index in [-0.39, 0.29) is 17.3 Å². The van der Waals surface area contributed by atoms with Crippen LogP contribution in [0.25, 0.3) is 6.08 Å². The molecule has 0 radical (unpaired) electrons. The minimum absolute atomic E-state index is 0.0413. The number of hydrogen-bond acceptors (Lipinski definition) is 5. The molecular formula is C19H20O5. The van der Waals surface area contributed by atoms with Crippen molar-refractivity contribution < 1.29 is 24.5 Å². The zero-order valence-corrected chi connectivity index (χ0v) is 13.7. The van der Waals surface area contributed by atoms with Crippen molar-refractivity contribution in [2.75, 3.05) is 14.2 Å². The molecule has 0 saturated carbocycles. The summed E-state index contributed by atoms with van der Waals surface area (Å²) in [7, 11) is 3.17. The molecule has 2 aromatic rings. The summed E-state index contributed by atoms with van der Waals surface area (Å²) in [5.41, 5.74) is 1.57. The summed E-state index contributed by atoms with van der Waals surface area (Å²) in [5.74, 6) is 0.946. The molecule has 0 unspecified atom stereocenters. The van der Waals surface area contributed by atoms with Crippen molar-refractivity contribution in [3.05, 3.63) is 53.6 Å². The molecule has 0 aliphatic carbocycles. The maximum absolute atomic E-state index is 12.0. The van der Waals surface area contributed by atoms with Crippen LogP contribution >= 0.6 is 0 Å². The Bertz CT molecular complexity index is 749. The van der Waals surface area contributed by atoms with Gasteiger partial charge in [0.05, 0.1) is 14.2 Å². The third kappa shape index (κ3) is 4.52. The Morgan fingerprint density at radius 2 is 1.83 bits per heavy atom. The van der Waals surface area contributed by atoms with Gasteiger partial charge in [-0.15, -0.1) is 0 Å². The summed E-state index contributed by atoms with van der Waals surface area (Å²) in [5, 5.41) is 18.7. The van der Waals surface area contributed by atoms with Gasteiger partial charge in [-0.3, -0.25) is 4.79 Å². The van der Waals surface area contributed by atoms with Gasteiger partial charge >= 0.3 is 0 Å². The molecular weight excluding hydrogens is 308 g/mol. The SMILES string of the molecule is COc1ccc(CCC(=O)/C=C/c2ccc(O)c(O)c2)c(OC)c1. The van der Waals surface area contributed by atoms with E-state index in [1.165, 1.54) is 18.2 Å². The Morgan fingerprint density at radius 1 is 1.04 bits per heavy atom. The van der Waals surface area contributed by atoms with Crippen molar-refractivity contribution in [3.8, 4) is 23.0 Å². The Hall–Kier alpha value is -2.95. The van der Waals surface area contributed by atoms with Crippen LogP contribution in [-0.2, 0) is 11.2 Å². The number of ketones is 1. The van der Waals surface area contributed by atoms with E-state index in [1.54, 1.807) is 32.4 Å². The second-order valence-electron chi connectivity index (χ2n) is 5.23. The molecule has 0 amide bonds. The Morgan fingerprint density at radius 3 is 2.50 bits per heavy atom. The second kappa shape index (κ2) is 8.06. The highest BCUT2D eigenvalue weighted by Crippen LogP contribution is 2.26. The molecule has 5 nitrogen and oxygen atoms in total. The minimum Gasteiger partial charge on any atom is -0.504 e. The zero-order valence-electron chi connectivity index (χ0n) is 13.7. The van der Waals surface area contributed by atoms with Gasteiger partial charge in [-0.1, -0.05) is 18.2 Å². The Labute approximate surface area is 140 Å². The molecule has 2 rings (SSSR count). The lowest BCUT2D eigenvalue weighted by Gasteiger charge is -2.09. The summed E-state index contributed by atoms with van der Waals surface area (Å²) in [4.78, 5) is 12.0. The van der Waals surface area contributed by atoms with Crippen molar-refractivity contribution >= 4 is 11.9 Å². The van der Waals surface area contributed by atoms with E-state index < -0.39 is 0 Å². The van der Waals surface area contributed by atoms with Gasteiger partial charge < -0.3 is 19.7 Å². The Balaban J connectivity index is 1.98. The minimum atomic E-state index is -0.215. The summed E-state index contributed by atoms with van der Waals surface area (Å²) >= 11 is 0. The molecule has 0 heterocycles. The first-order valence-electron chi connectivity index (χ1n) is 7.47. The van der Waals surface area contributed by atoms with Crippen molar-refractivity contribution in [2.24, 2.45) is 0 Å². The van der Waals surface area contributed by atoms with E-state index >= 15 is 0 Å². The number of aryl methyl sites for hydroxylation is 1. The van der Waals surface area contributed by atoms with E-state index in [9.17, 15) is 15.0 Å². The van der Waals surface area contributed by atoms with E-state index in [2.05, 4.69) is 0 Å². The highest BCUT2D eigenvalue weighted by molar-refractivity contribution is 5.93. The summed E-state index contributed by atoms with van der Waals surface area (Å²) in [6.07, 6.45) is 3.95. The van der Waals surface area contributed by atoms with E-state index in [1.807, 2.05) is 12.1 Å². The van der Waals surface area contributed by atoms with Gasteiger partial charge in [-0.05, 0) is 41.8 Å². The maximum atomic E-state index is 12.0. The van der Waals surface area contributed by atoms with E-state index in [4.69, 9.17) is 9.47 Å². The zero-order chi connectivity index (χ0) is 17.5. The molecule has 0 atom stereocenters. The standard InChI is InChI=1S/C19H20O5/c1-23-16-9-6-14(19(12-16)24-2)5-8-15(20)7-3-13-4-10-17(21)18(22)11-13/h3-4,6-7,9-12,21-22H,5,8H2,1-2H3/b7-3+. The van der Waals surface area contributed by atoms with Crippen molar-refractivity contribution in [3.63, 3.8) is 0 Å². The number of phenolic OH excluding ortho intramolecular Hbond substituents is 2. The first-order chi connectivity index (χ1) is 11.5. The van der Waals surface area contributed by atoms with E-state index in [0.29, 0.717) is 29.9 Å². The third-order valence-corrected chi connectivity index (χ3v) is 3.60. The molecule has 0 spiro atoms. The number of rotatable bonds is 7. The molecule has 2 N–H and O–H groups in total. The second-order valence-corrected chi connectivity index (χ2v) is 5.23. The van der Waals surface area contributed by atoms with Gasteiger partial charge in [0.1, 0.15) is 11.5 Å². The lowest BCUT2D eigenvalue weighted by atomic mass is 10.1. The average molecular weight is 328 g/mol. The van der Waals surface area contributed by atoms with Crippen LogP contribution in [0.4, 0.5) is 0 Å². The van der Waals surface area contributed by atoms with Crippen LogP contribution in [-0.4, -0.2) is 30.2 Å². The quantitative estimate of drug-likeness (QED) is 0.602. The molecule has 5 heteroatoms. The number of aromatic hydroxyl groups is 2. The topological polar surface area (TPSA) is 76.0 Å². The first kappa shape index (κ1) is 17.4. The normalized spacial score (nSPS) is 10.8. The molecule has 0 bridgehead atoms. The number of ether oxygens (including phenoxy) is 2. The average Bonchev–Trinajstić information content (AvgIpc) is 2.60. The van der Waals surface area contributed by atoms with Gasteiger partial charge in [-0.2, -0.15) is 0 Å². The summed E-state index contributed by atoms with van der Waals surface area (Å²) < 4.78 is 10.5. The van der Waals surface area contributed by atoms with E-state index in [0.717, 1.165) is 5.56 Å². The highest BCUT2D eigenvalue weighted by Gasteiger charge is 2.07. The van der Waals surface area contributed by atoms with Crippen LogP contribution < -0.4 is 9.47 Å². The number of methoxy groups -OCH3 is 2. The van der Waals surface area contributed by atoms with Crippen LogP contribution in [0.2, 0.25) is 0 Å². The predicted molar refractivity (Wildman–Crippen MR) is 91.7 cm³/mol. The van der Waals surface area contributed by atoms with Crippen LogP contribution in [0.3, 0.4) is 0 Å². The van der Waals surface area contributed by atoms with Crippen LogP contribution in [0.15, 0.2) is 42.5 Å². The fourth-order valence-corrected chi connectivity index (χ4v) is 2.23. The highest BCUT2D eigenvalue weighted by atomic mass is 16.5. The summed E-state index contributed by atoms with van der Waals surface area (Å²) in [6, 6.07) is 9.89. The number of benzene rings is 2. The molecule has 0 aliphatic heterocycles. The van der Waals surface area contributed by atoms with Crippen LogP contribution in [0.5, 0.6) is 23.0 Å². The van der Waals surface area contributed by atoms with Crippen molar-refractivity contribution in [1.82, 2.24) is 0 Å².